The highest BCUT2D eigenvalue weighted by molar-refractivity contribution is 8.02. The lowest BCUT2D eigenvalue weighted by molar-refractivity contribution is -0.121. The van der Waals surface area contributed by atoms with Crippen LogP contribution in [0.5, 0.6) is 0 Å². The van der Waals surface area contributed by atoms with Crippen LogP contribution in [0.15, 0.2) is 58.3 Å². The van der Waals surface area contributed by atoms with E-state index in [1.165, 1.54) is 23.9 Å². The van der Waals surface area contributed by atoms with Gasteiger partial charge in [0.25, 0.3) is 5.91 Å². The molecule has 1 unspecified atom stereocenters. The van der Waals surface area contributed by atoms with Crippen LogP contribution in [0.3, 0.4) is 0 Å². The van der Waals surface area contributed by atoms with E-state index in [4.69, 9.17) is 0 Å². The number of hydrogen-bond acceptors (Lipinski definition) is 5. The summed E-state index contributed by atoms with van der Waals surface area (Å²) in [6.45, 7) is 0. The second-order valence-corrected chi connectivity index (χ2v) is 9.67. The van der Waals surface area contributed by atoms with Crippen LogP contribution < -0.4 is 10.2 Å². The van der Waals surface area contributed by atoms with E-state index in [0.29, 0.717) is 18.5 Å². The maximum absolute atomic E-state index is 13.1. The summed E-state index contributed by atoms with van der Waals surface area (Å²) in [5.41, 5.74) is 1.26. The van der Waals surface area contributed by atoms with Crippen molar-refractivity contribution in [2.24, 2.45) is 0 Å². The smallest absolute Gasteiger partial charge is 0.261 e. The molecular weight excluding hydrogens is 372 g/mol. The first kappa shape index (κ1) is 17.1. The number of rotatable bonds is 3. The molecule has 2 aliphatic heterocycles. The van der Waals surface area contributed by atoms with Crippen LogP contribution in [0.1, 0.15) is 12.8 Å². The Labute approximate surface area is 155 Å². The second kappa shape index (κ2) is 5.85. The number of sulfone groups is 1. The average Bonchev–Trinajstić information content (AvgIpc) is 3.11. The number of hydrogen-bond donors (Lipinski definition) is 1. The van der Waals surface area contributed by atoms with Crippen LogP contribution in [-0.2, 0) is 19.4 Å². The first-order valence-electron chi connectivity index (χ1n) is 8.04. The number of amides is 2. The normalized spacial score (nSPS) is 21.4. The highest BCUT2D eigenvalue weighted by atomic mass is 32.2. The van der Waals surface area contributed by atoms with Crippen molar-refractivity contribution in [2.45, 2.75) is 27.5 Å². The summed E-state index contributed by atoms with van der Waals surface area (Å²) in [5, 5.41) is 2.83. The lowest BCUT2D eigenvalue weighted by Crippen LogP contribution is -2.49. The van der Waals surface area contributed by atoms with Crippen molar-refractivity contribution >= 4 is 44.8 Å². The largest absolute Gasteiger partial charge is 0.323 e. The molecule has 0 spiro atoms. The minimum atomic E-state index is -3.29. The summed E-state index contributed by atoms with van der Waals surface area (Å²) >= 11 is 1.39. The van der Waals surface area contributed by atoms with E-state index >= 15 is 0 Å². The van der Waals surface area contributed by atoms with Gasteiger partial charge in [-0.05, 0) is 42.8 Å². The molecule has 2 aliphatic rings. The summed E-state index contributed by atoms with van der Waals surface area (Å²) in [4.78, 5) is 27.2. The molecule has 1 N–H and O–H groups in total. The fourth-order valence-corrected chi connectivity index (χ4v) is 5.36. The van der Waals surface area contributed by atoms with Gasteiger partial charge in [-0.15, -0.1) is 0 Å². The van der Waals surface area contributed by atoms with Gasteiger partial charge >= 0.3 is 0 Å². The minimum Gasteiger partial charge on any atom is -0.323 e. The lowest BCUT2D eigenvalue weighted by Gasteiger charge is -2.29. The van der Waals surface area contributed by atoms with Crippen LogP contribution >= 0.6 is 11.8 Å². The van der Waals surface area contributed by atoms with Crippen LogP contribution in [0.4, 0.5) is 11.4 Å². The minimum absolute atomic E-state index is 0.0648. The van der Waals surface area contributed by atoms with E-state index in [9.17, 15) is 18.0 Å². The fraction of sp³-hybridized carbons (Fsp3) is 0.222. The molecule has 0 aliphatic carbocycles. The molecule has 6 nitrogen and oxygen atoms in total. The maximum atomic E-state index is 13.1. The van der Waals surface area contributed by atoms with E-state index in [2.05, 4.69) is 5.32 Å². The van der Waals surface area contributed by atoms with Gasteiger partial charge in [-0.3, -0.25) is 14.5 Å². The number of fused-ring (bicyclic) bond motifs is 3. The zero-order chi connectivity index (χ0) is 18.5. The molecule has 2 heterocycles. The summed E-state index contributed by atoms with van der Waals surface area (Å²) in [5.74, 6) is -0.346. The third-order valence-corrected chi connectivity index (χ3v) is 7.17. The number of carbonyl (C=O) groups excluding carboxylic acids is 2. The monoisotopic (exact) mass is 388 g/mol. The highest BCUT2D eigenvalue weighted by Crippen LogP contribution is 2.55. The number of benzene rings is 2. The van der Waals surface area contributed by atoms with Gasteiger partial charge in [-0.25, -0.2) is 8.42 Å². The molecule has 0 radical (unpaired) electrons. The first-order chi connectivity index (χ1) is 12.3. The standard InChI is InChI=1S/C18H16N2O4S2/c1-26(23,24)13-8-6-12(7-9-13)19-17(22)18-11-10-16(21)20(18)14-4-2-3-5-15(14)25-18/h2-9H,10-11H2,1H3,(H,19,22). The van der Waals surface area contributed by atoms with Crippen molar-refractivity contribution in [1.29, 1.82) is 0 Å². The molecule has 0 saturated carbocycles. The van der Waals surface area contributed by atoms with Crippen LogP contribution in [0, 0.1) is 0 Å². The van der Waals surface area contributed by atoms with E-state index in [0.717, 1.165) is 16.8 Å². The maximum Gasteiger partial charge on any atom is 0.261 e. The molecule has 0 aromatic heterocycles. The van der Waals surface area contributed by atoms with Crippen molar-refractivity contribution < 1.29 is 18.0 Å². The molecule has 1 atom stereocenters. The predicted octanol–water partition coefficient (Wildman–Crippen LogP) is 2.66. The Bertz CT molecular complexity index is 1020. The summed E-state index contributed by atoms with van der Waals surface area (Å²) in [6, 6.07) is 13.5. The van der Waals surface area contributed by atoms with Crippen molar-refractivity contribution in [3.8, 4) is 0 Å². The Kier molecular flexibility index (Phi) is 3.85. The Morgan fingerprint density at radius 1 is 1.15 bits per heavy atom. The molecule has 4 rings (SSSR count). The van der Waals surface area contributed by atoms with Crippen molar-refractivity contribution in [3.05, 3.63) is 48.5 Å². The van der Waals surface area contributed by atoms with Crippen molar-refractivity contribution in [2.75, 3.05) is 16.5 Å². The molecule has 0 bridgehead atoms. The fourth-order valence-electron chi connectivity index (χ4n) is 3.31. The van der Waals surface area contributed by atoms with Gasteiger partial charge in [0.1, 0.15) is 0 Å². The van der Waals surface area contributed by atoms with E-state index < -0.39 is 14.7 Å². The number of anilines is 2. The number of para-hydroxylation sites is 1. The van der Waals surface area contributed by atoms with Crippen LogP contribution in [0.25, 0.3) is 0 Å². The van der Waals surface area contributed by atoms with Gasteiger partial charge < -0.3 is 5.32 Å². The number of nitrogens with one attached hydrogen (secondary N) is 1. The van der Waals surface area contributed by atoms with Gasteiger partial charge in [0.15, 0.2) is 14.7 Å². The van der Waals surface area contributed by atoms with Gasteiger partial charge in [0.05, 0.1) is 10.6 Å². The molecule has 8 heteroatoms. The summed E-state index contributed by atoms with van der Waals surface area (Å²) in [6.07, 6.45) is 1.88. The molecular formula is C18H16N2O4S2. The number of nitrogens with zero attached hydrogens (tertiary/aromatic N) is 1. The molecule has 2 amide bonds. The Hall–Kier alpha value is -2.32. The Morgan fingerprint density at radius 3 is 2.54 bits per heavy atom. The lowest BCUT2D eigenvalue weighted by atomic mass is 10.1. The molecule has 1 saturated heterocycles. The van der Waals surface area contributed by atoms with Crippen molar-refractivity contribution in [3.63, 3.8) is 0 Å². The number of carbonyl (C=O) groups is 2. The third-order valence-electron chi connectivity index (χ3n) is 4.57. The molecule has 1 fully saturated rings. The Balaban J connectivity index is 1.63. The highest BCUT2D eigenvalue weighted by Gasteiger charge is 2.57. The molecule has 134 valence electrons. The van der Waals surface area contributed by atoms with Gasteiger partial charge in [-0.2, -0.15) is 0 Å². The first-order valence-corrected chi connectivity index (χ1v) is 10.7. The predicted molar refractivity (Wildman–Crippen MR) is 99.9 cm³/mol. The quantitative estimate of drug-likeness (QED) is 0.874. The zero-order valence-electron chi connectivity index (χ0n) is 13.9. The summed E-state index contributed by atoms with van der Waals surface area (Å²) < 4.78 is 23.1. The SMILES string of the molecule is CS(=O)(=O)c1ccc(NC(=O)C23CCC(=O)N2c2ccccc2S3)cc1. The summed E-state index contributed by atoms with van der Waals surface area (Å²) in [7, 11) is -3.29. The van der Waals surface area contributed by atoms with Crippen LogP contribution in [-0.4, -0.2) is 31.4 Å². The molecule has 2 aromatic carbocycles. The Morgan fingerprint density at radius 2 is 1.85 bits per heavy atom. The number of thioether (sulfide) groups is 1. The average molecular weight is 388 g/mol. The molecule has 2 aromatic rings. The van der Waals surface area contributed by atoms with Gasteiger partial charge in [0, 0.05) is 23.3 Å². The van der Waals surface area contributed by atoms with Crippen LogP contribution in [0.2, 0.25) is 0 Å². The van der Waals surface area contributed by atoms with Gasteiger partial charge in [-0.1, -0.05) is 23.9 Å². The third kappa shape index (κ3) is 2.60. The molecule has 26 heavy (non-hydrogen) atoms. The topological polar surface area (TPSA) is 83.5 Å². The van der Waals surface area contributed by atoms with E-state index in [-0.39, 0.29) is 16.7 Å². The zero-order valence-corrected chi connectivity index (χ0v) is 15.6. The second-order valence-electron chi connectivity index (χ2n) is 6.33. The van der Waals surface area contributed by atoms with E-state index in [1.807, 2.05) is 24.3 Å². The van der Waals surface area contributed by atoms with Crippen molar-refractivity contribution in [1.82, 2.24) is 0 Å². The van der Waals surface area contributed by atoms with Gasteiger partial charge in [0.2, 0.25) is 5.91 Å². The van der Waals surface area contributed by atoms with E-state index in [1.54, 1.807) is 17.0 Å².